The number of carbonyl (C=O) groups excluding carboxylic acids is 1. The van der Waals surface area contributed by atoms with E-state index in [9.17, 15) is 4.79 Å². The third-order valence-electron chi connectivity index (χ3n) is 2.24. The number of benzene rings is 1. The van der Waals surface area contributed by atoms with Crippen LogP contribution in [0.4, 0.5) is 0 Å². The zero-order valence-corrected chi connectivity index (χ0v) is 7.76. The first-order valence-corrected chi connectivity index (χ1v) is 4.67. The van der Waals surface area contributed by atoms with Gasteiger partial charge in [0.25, 0.3) is 0 Å². The SMILES string of the molecule is O=CC1OCC[C@H](c2ccccc2)O1. The average Bonchev–Trinajstić information content (AvgIpc) is 2.30. The highest BCUT2D eigenvalue weighted by Gasteiger charge is 2.23. The van der Waals surface area contributed by atoms with Gasteiger partial charge in [-0.3, -0.25) is 4.79 Å². The van der Waals surface area contributed by atoms with Gasteiger partial charge in [0.05, 0.1) is 12.7 Å². The molecule has 0 amide bonds. The first-order chi connectivity index (χ1) is 6.90. The average molecular weight is 192 g/mol. The van der Waals surface area contributed by atoms with Crippen LogP contribution in [0.1, 0.15) is 18.1 Å². The molecule has 2 atom stereocenters. The topological polar surface area (TPSA) is 35.5 Å². The summed E-state index contributed by atoms with van der Waals surface area (Å²) >= 11 is 0. The summed E-state index contributed by atoms with van der Waals surface area (Å²) in [5.41, 5.74) is 1.10. The van der Waals surface area contributed by atoms with Crippen molar-refractivity contribution in [3.63, 3.8) is 0 Å². The van der Waals surface area contributed by atoms with Crippen LogP contribution in [0.3, 0.4) is 0 Å². The smallest absolute Gasteiger partial charge is 0.215 e. The molecule has 0 radical (unpaired) electrons. The zero-order valence-electron chi connectivity index (χ0n) is 7.76. The first-order valence-electron chi connectivity index (χ1n) is 4.67. The highest BCUT2D eigenvalue weighted by Crippen LogP contribution is 2.26. The van der Waals surface area contributed by atoms with E-state index in [0.29, 0.717) is 12.9 Å². The van der Waals surface area contributed by atoms with Crippen LogP contribution in [0.15, 0.2) is 30.3 Å². The van der Waals surface area contributed by atoms with Gasteiger partial charge in [-0.05, 0) is 5.56 Å². The lowest BCUT2D eigenvalue weighted by Crippen LogP contribution is -2.28. The Morgan fingerprint density at radius 3 is 2.79 bits per heavy atom. The lowest BCUT2D eigenvalue weighted by Gasteiger charge is -2.27. The zero-order chi connectivity index (χ0) is 9.80. The molecule has 0 N–H and O–H groups in total. The fraction of sp³-hybridized carbons (Fsp3) is 0.364. The molecular formula is C11H12O3. The van der Waals surface area contributed by atoms with Crippen LogP contribution >= 0.6 is 0 Å². The summed E-state index contributed by atoms with van der Waals surface area (Å²) in [6.45, 7) is 0.572. The maximum Gasteiger partial charge on any atom is 0.215 e. The van der Waals surface area contributed by atoms with E-state index in [4.69, 9.17) is 9.47 Å². The van der Waals surface area contributed by atoms with Gasteiger partial charge in [-0.15, -0.1) is 0 Å². The van der Waals surface area contributed by atoms with Gasteiger partial charge in [-0.25, -0.2) is 0 Å². The summed E-state index contributed by atoms with van der Waals surface area (Å²) in [6, 6.07) is 9.88. The highest BCUT2D eigenvalue weighted by molar-refractivity contribution is 5.54. The minimum absolute atomic E-state index is 0.0138. The fourth-order valence-corrected chi connectivity index (χ4v) is 1.54. The summed E-state index contributed by atoms with van der Waals surface area (Å²) in [4.78, 5) is 10.5. The molecule has 0 bridgehead atoms. The van der Waals surface area contributed by atoms with Gasteiger partial charge < -0.3 is 9.47 Å². The molecule has 3 heteroatoms. The van der Waals surface area contributed by atoms with Crippen molar-refractivity contribution in [3.8, 4) is 0 Å². The molecule has 74 valence electrons. The predicted octanol–water partition coefficient (Wildman–Crippen LogP) is 1.69. The second-order valence-corrected chi connectivity index (χ2v) is 3.20. The van der Waals surface area contributed by atoms with Gasteiger partial charge in [-0.1, -0.05) is 30.3 Å². The number of hydrogen-bond donors (Lipinski definition) is 0. The quantitative estimate of drug-likeness (QED) is 0.669. The molecule has 0 aromatic heterocycles. The van der Waals surface area contributed by atoms with E-state index in [2.05, 4.69) is 0 Å². The summed E-state index contributed by atoms with van der Waals surface area (Å²) in [6.07, 6.45) is 0.776. The van der Waals surface area contributed by atoms with Crippen LogP contribution < -0.4 is 0 Å². The van der Waals surface area contributed by atoms with Crippen molar-refractivity contribution in [2.24, 2.45) is 0 Å². The van der Waals surface area contributed by atoms with Crippen LogP contribution in [0.25, 0.3) is 0 Å². The Kier molecular flexibility index (Phi) is 2.91. The van der Waals surface area contributed by atoms with Crippen molar-refractivity contribution in [1.29, 1.82) is 0 Å². The number of hydrogen-bond acceptors (Lipinski definition) is 3. The van der Waals surface area contributed by atoms with Gasteiger partial charge >= 0.3 is 0 Å². The molecule has 1 saturated heterocycles. The predicted molar refractivity (Wildman–Crippen MR) is 50.7 cm³/mol. The molecule has 1 fully saturated rings. The molecular weight excluding hydrogens is 180 g/mol. The largest absolute Gasteiger partial charge is 0.346 e. The Labute approximate surface area is 82.6 Å². The molecule has 1 heterocycles. The Hall–Kier alpha value is -1.19. The van der Waals surface area contributed by atoms with Crippen molar-refractivity contribution >= 4 is 6.29 Å². The molecule has 1 unspecified atom stereocenters. The van der Waals surface area contributed by atoms with Gasteiger partial charge in [0.2, 0.25) is 6.29 Å². The summed E-state index contributed by atoms with van der Waals surface area (Å²) in [5, 5.41) is 0. The highest BCUT2D eigenvalue weighted by atomic mass is 16.7. The normalized spacial score (nSPS) is 27.1. The van der Waals surface area contributed by atoms with Crippen LogP contribution in [0, 0.1) is 0 Å². The van der Waals surface area contributed by atoms with E-state index in [1.807, 2.05) is 30.3 Å². The van der Waals surface area contributed by atoms with E-state index < -0.39 is 6.29 Å². The van der Waals surface area contributed by atoms with Gasteiger partial charge in [0.15, 0.2) is 6.29 Å². The summed E-state index contributed by atoms with van der Waals surface area (Å²) in [5.74, 6) is 0. The maximum atomic E-state index is 10.5. The molecule has 1 aromatic carbocycles. The van der Waals surface area contributed by atoms with Gasteiger partial charge in [0.1, 0.15) is 0 Å². The van der Waals surface area contributed by atoms with Crippen molar-refractivity contribution in [2.45, 2.75) is 18.8 Å². The monoisotopic (exact) mass is 192 g/mol. The van der Waals surface area contributed by atoms with Gasteiger partial charge in [0, 0.05) is 6.42 Å². The minimum Gasteiger partial charge on any atom is -0.346 e. The van der Waals surface area contributed by atoms with E-state index in [1.54, 1.807) is 0 Å². The van der Waals surface area contributed by atoms with E-state index in [-0.39, 0.29) is 6.10 Å². The van der Waals surface area contributed by atoms with Crippen LogP contribution in [-0.2, 0) is 14.3 Å². The number of ether oxygens (including phenoxy) is 2. The first kappa shape index (κ1) is 9.37. The van der Waals surface area contributed by atoms with Crippen LogP contribution in [0.2, 0.25) is 0 Å². The number of aldehydes is 1. The molecule has 1 aliphatic rings. The van der Waals surface area contributed by atoms with Crippen LogP contribution in [-0.4, -0.2) is 19.2 Å². The molecule has 0 saturated carbocycles. The molecule has 14 heavy (non-hydrogen) atoms. The van der Waals surface area contributed by atoms with E-state index in [0.717, 1.165) is 12.0 Å². The molecule has 3 nitrogen and oxygen atoms in total. The van der Waals surface area contributed by atoms with Crippen molar-refractivity contribution < 1.29 is 14.3 Å². The van der Waals surface area contributed by atoms with Gasteiger partial charge in [-0.2, -0.15) is 0 Å². The molecule has 0 aliphatic carbocycles. The molecule has 1 aromatic rings. The van der Waals surface area contributed by atoms with Crippen molar-refractivity contribution in [2.75, 3.05) is 6.61 Å². The van der Waals surface area contributed by atoms with Crippen molar-refractivity contribution in [1.82, 2.24) is 0 Å². The van der Waals surface area contributed by atoms with E-state index >= 15 is 0 Å². The Bertz CT molecular complexity index is 297. The standard InChI is InChI=1S/C11H12O3/c12-8-11-13-7-6-10(14-11)9-4-2-1-3-5-9/h1-5,8,10-11H,6-7H2/t10-,11?/m1/s1. The van der Waals surface area contributed by atoms with Crippen LogP contribution in [0.5, 0.6) is 0 Å². The third-order valence-corrected chi connectivity index (χ3v) is 2.24. The lowest BCUT2D eigenvalue weighted by atomic mass is 10.1. The lowest BCUT2D eigenvalue weighted by molar-refractivity contribution is -0.204. The minimum atomic E-state index is -0.700. The Balaban J connectivity index is 2.08. The third kappa shape index (κ3) is 2.00. The van der Waals surface area contributed by atoms with E-state index in [1.165, 1.54) is 0 Å². The Morgan fingerprint density at radius 2 is 2.07 bits per heavy atom. The summed E-state index contributed by atoms with van der Waals surface area (Å²) in [7, 11) is 0. The fourth-order valence-electron chi connectivity index (χ4n) is 1.54. The second kappa shape index (κ2) is 4.35. The molecule has 0 spiro atoms. The second-order valence-electron chi connectivity index (χ2n) is 3.20. The molecule has 1 aliphatic heterocycles. The van der Waals surface area contributed by atoms with Crippen molar-refractivity contribution in [3.05, 3.63) is 35.9 Å². The maximum absolute atomic E-state index is 10.5. The number of carbonyl (C=O) groups is 1. The summed E-state index contributed by atoms with van der Waals surface area (Å²) < 4.78 is 10.5. The molecule has 2 rings (SSSR count). The number of rotatable bonds is 2. The Morgan fingerprint density at radius 1 is 1.29 bits per heavy atom.